The van der Waals surface area contributed by atoms with E-state index in [4.69, 9.17) is 23.2 Å². The van der Waals surface area contributed by atoms with Gasteiger partial charge in [-0.15, -0.1) is 0 Å². The lowest BCUT2D eigenvalue weighted by Gasteiger charge is -2.01. The van der Waals surface area contributed by atoms with Crippen LogP contribution in [0.1, 0.15) is 12.0 Å². The number of hydrogen-bond acceptors (Lipinski definition) is 2. The van der Waals surface area contributed by atoms with Gasteiger partial charge in [0.1, 0.15) is 5.78 Å². The minimum atomic E-state index is -0.637. The highest BCUT2D eigenvalue weighted by atomic mass is 35.5. The van der Waals surface area contributed by atoms with Gasteiger partial charge in [-0.1, -0.05) is 29.8 Å². The SMILES string of the molecule is O=C(Cl)CC(=O)Cc1ccccc1Cl. The molecule has 0 unspecified atom stereocenters. The van der Waals surface area contributed by atoms with Crippen molar-refractivity contribution in [3.8, 4) is 0 Å². The lowest BCUT2D eigenvalue weighted by Crippen LogP contribution is -2.06. The second-order valence-corrected chi connectivity index (χ2v) is 3.67. The van der Waals surface area contributed by atoms with Crippen LogP contribution in [0.5, 0.6) is 0 Å². The van der Waals surface area contributed by atoms with Crippen LogP contribution in [0.25, 0.3) is 0 Å². The first kappa shape index (κ1) is 11.2. The van der Waals surface area contributed by atoms with Crippen molar-refractivity contribution in [3.05, 3.63) is 34.9 Å². The Morgan fingerprint density at radius 3 is 2.43 bits per heavy atom. The molecule has 0 amide bonds. The van der Waals surface area contributed by atoms with Gasteiger partial charge in [0.05, 0.1) is 6.42 Å². The molecule has 0 saturated heterocycles. The molecular weight excluding hydrogens is 223 g/mol. The number of carbonyl (C=O) groups excluding carboxylic acids is 2. The molecule has 0 fully saturated rings. The van der Waals surface area contributed by atoms with E-state index in [0.29, 0.717) is 5.02 Å². The summed E-state index contributed by atoms with van der Waals surface area (Å²) in [7, 11) is 0. The van der Waals surface area contributed by atoms with E-state index in [1.54, 1.807) is 24.3 Å². The van der Waals surface area contributed by atoms with Crippen LogP contribution in [0.3, 0.4) is 0 Å². The summed E-state index contributed by atoms with van der Waals surface area (Å²) < 4.78 is 0. The molecule has 0 aliphatic carbocycles. The predicted octanol–water partition coefficient (Wildman–Crippen LogP) is 2.61. The lowest BCUT2D eigenvalue weighted by atomic mass is 10.1. The first-order valence-electron chi connectivity index (χ1n) is 4.03. The van der Waals surface area contributed by atoms with Crippen LogP contribution < -0.4 is 0 Å². The number of benzene rings is 1. The third-order valence-corrected chi connectivity index (χ3v) is 2.18. The van der Waals surface area contributed by atoms with Gasteiger partial charge in [0, 0.05) is 11.4 Å². The van der Waals surface area contributed by atoms with Crippen LogP contribution in [0, 0.1) is 0 Å². The summed E-state index contributed by atoms with van der Waals surface area (Å²) in [5.74, 6) is -0.224. The number of rotatable bonds is 4. The summed E-state index contributed by atoms with van der Waals surface area (Å²) in [6, 6.07) is 7.02. The Balaban J connectivity index is 2.65. The van der Waals surface area contributed by atoms with Crippen molar-refractivity contribution in [1.29, 1.82) is 0 Å². The Labute approximate surface area is 91.8 Å². The summed E-state index contributed by atoms with van der Waals surface area (Å²) in [6.45, 7) is 0. The van der Waals surface area contributed by atoms with Crippen LogP contribution >= 0.6 is 23.2 Å². The van der Waals surface area contributed by atoms with E-state index < -0.39 is 5.24 Å². The standard InChI is InChI=1S/C10H8Cl2O2/c11-9-4-2-1-3-7(9)5-8(13)6-10(12)14/h1-4H,5-6H2. The molecule has 74 valence electrons. The highest BCUT2D eigenvalue weighted by molar-refractivity contribution is 6.64. The molecule has 4 heteroatoms. The van der Waals surface area contributed by atoms with Gasteiger partial charge >= 0.3 is 0 Å². The zero-order valence-corrected chi connectivity index (χ0v) is 8.81. The van der Waals surface area contributed by atoms with E-state index in [-0.39, 0.29) is 18.6 Å². The predicted molar refractivity (Wildman–Crippen MR) is 55.6 cm³/mol. The zero-order chi connectivity index (χ0) is 10.6. The number of halogens is 2. The molecule has 0 atom stereocenters. The lowest BCUT2D eigenvalue weighted by molar-refractivity contribution is -0.123. The average molecular weight is 231 g/mol. The Morgan fingerprint density at radius 2 is 1.86 bits per heavy atom. The zero-order valence-electron chi connectivity index (χ0n) is 7.30. The number of hydrogen-bond donors (Lipinski definition) is 0. The Hall–Kier alpha value is -0.860. The number of ketones is 1. The molecule has 1 aromatic rings. The quantitative estimate of drug-likeness (QED) is 0.589. The van der Waals surface area contributed by atoms with Crippen LogP contribution in [0.4, 0.5) is 0 Å². The summed E-state index contributed by atoms with van der Waals surface area (Å²) >= 11 is 10.9. The third-order valence-electron chi connectivity index (χ3n) is 1.68. The van der Waals surface area contributed by atoms with Gasteiger partial charge in [-0.25, -0.2) is 0 Å². The van der Waals surface area contributed by atoms with Crippen molar-refractivity contribution in [2.75, 3.05) is 0 Å². The van der Waals surface area contributed by atoms with Gasteiger partial charge in [-0.2, -0.15) is 0 Å². The fourth-order valence-corrected chi connectivity index (χ4v) is 1.42. The average Bonchev–Trinajstić information content (AvgIpc) is 2.07. The molecule has 1 rings (SSSR count). The number of carbonyl (C=O) groups is 2. The van der Waals surface area contributed by atoms with Crippen LogP contribution in [0.2, 0.25) is 5.02 Å². The minimum Gasteiger partial charge on any atom is -0.299 e. The normalized spacial score (nSPS) is 9.86. The van der Waals surface area contributed by atoms with Gasteiger partial charge < -0.3 is 0 Å². The minimum absolute atomic E-state index is 0.151. The molecule has 0 aliphatic heterocycles. The molecule has 2 nitrogen and oxygen atoms in total. The van der Waals surface area contributed by atoms with E-state index in [2.05, 4.69) is 0 Å². The summed E-state index contributed by atoms with van der Waals surface area (Å²) in [5.41, 5.74) is 0.720. The molecule has 0 N–H and O–H groups in total. The highest BCUT2D eigenvalue weighted by Gasteiger charge is 2.09. The maximum absolute atomic E-state index is 11.2. The molecular formula is C10H8Cl2O2. The Morgan fingerprint density at radius 1 is 1.21 bits per heavy atom. The molecule has 0 aromatic heterocycles. The second-order valence-electron chi connectivity index (χ2n) is 2.84. The monoisotopic (exact) mass is 230 g/mol. The van der Waals surface area contributed by atoms with E-state index in [9.17, 15) is 9.59 Å². The van der Waals surface area contributed by atoms with Crippen molar-refractivity contribution in [2.45, 2.75) is 12.8 Å². The molecule has 0 bridgehead atoms. The van der Waals surface area contributed by atoms with Crippen molar-refractivity contribution in [3.63, 3.8) is 0 Å². The van der Waals surface area contributed by atoms with Gasteiger partial charge in [0.2, 0.25) is 5.24 Å². The molecule has 0 aliphatic rings. The third kappa shape index (κ3) is 3.48. The van der Waals surface area contributed by atoms with Crippen molar-refractivity contribution in [2.24, 2.45) is 0 Å². The van der Waals surface area contributed by atoms with Crippen LogP contribution in [0.15, 0.2) is 24.3 Å². The molecule has 0 radical (unpaired) electrons. The van der Waals surface area contributed by atoms with E-state index in [0.717, 1.165) is 5.56 Å². The van der Waals surface area contributed by atoms with Gasteiger partial charge in [0.25, 0.3) is 0 Å². The summed E-state index contributed by atoms with van der Waals surface area (Å²) in [5, 5.41) is -0.107. The van der Waals surface area contributed by atoms with Crippen molar-refractivity contribution >= 4 is 34.2 Å². The summed E-state index contributed by atoms with van der Waals surface area (Å²) in [4.78, 5) is 21.7. The topological polar surface area (TPSA) is 34.1 Å². The maximum atomic E-state index is 11.2. The van der Waals surface area contributed by atoms with E-state index in [1.807, 2.05) is 0 Å². The Bertz CT molecular complexity index is 361. The molecule has 14 heavy (non-hydrogen) atoms. The molecule has 0 saturated carbocycles. The molecule has 0 spiro atoms. The van der Waals surface area contributed by atoms with Crippen LogP contribution in [-0.2, 0) is 16.0 Å². The fourth-order valence-electron chi connectivity index (χ4n) is 1.07. The first-order valence-corrected chi connectivity index (χ1v) is 4.78. The van der Waals surface area contributed by atoms with Crippen molar-refractivity contribution < 1.29 is 9.59 Å². The smallest absolute Gasteiger partial charge is 0.229 e. The summed E-state index contributed by atoms with van der Waals surface area (Å²) in [6.07, 6.45) is -0.0923. The van der Waals surface area contributed by atoms with E-state index >= 15 is 0 Å². The van der Waals surface area contributed by atoms with Crippen molar-refractivity contribution in [1.82, 2.24) is 0 Å². The molecule has 1 aromatic carbocycles. The van der Waals surface area contributed by atoms with Crippen LogP contribution in [-0.4, -0.2) is 11.0 Å². The van der Waals surface area contributed by atoms with Gasteiger partial charge in [-0.3, -0.25) is 9.59 Å². The second kappa shape index (κ2) is 5.13. The largest absolute Gasteiger partial charge is 0.299 e. The van der Waals surface area contributed by atoms with Gasteiger partial charge in [0.15, 0.2) is 0 Å². The Kier molecular flexibility index (Phi) is 4.11. The maximum Gasteiger partial charge on any atom is 0.229 e. The first-order chi connectivity index (χ1) is 6.59. The number of Topliss-reactive ketones (excluding diaryl/α,β-unsaturated/α-hetero) is 1. The van der Waals surface area contributed by atoms with E-state index in [1.165, 1.54) is 0 Å². The molecule has 0 heterocycles. The van der Waals surface area contributed by atoms with Gasteiger partial charge in [-0.05, 0) is 23.2 Å². The highest BCUT2D eigenvalue weighted by Crippen LogP contribution is 2.16. The fraction of sp³-hybridized carbons (Fsp3) is 0.200.